The van der Waals surface area contributed by atoms with E-state index in [1.165, 1.54) is 0 Å². The van der Waals surface area contributed by atoms with Crippen molar-refractivity contribution < 1.29 is 24.2 Å². The lowest BCUT2D eigenvalue weighted by Crippen LogP contribution is -2.38. The molecule has 0 fully saturated rings. The molecule has 0 heterocycles. The summed E-state index contributed by atoms with van der Waals surface area (Å²) >= 11 is 0. The highest BCUT2D eigenvalue weighted by Crippen LogP contribution is 1.99. The molecule has 25 heavy (non-hydrogen) atoms. The van der Waals surface area contributed by atoms with Crippen molar-refractivity contribution in [3.63, 3.8) is 0 Å². The van der Waals surface area contributed by atoms with Gasteiger partial charge in [-0.3, -0.25) is 0 Å². The highest BCUT2D eigenvalue weighted by molar-refractivity contribution is 5.86. The number of rotatable bonds is 11. The molecule has 0 radical (unpaired) electrons. The third kappa shape index (κ3) is 22.3. The minimum absolute atomic E-state index is 0.0651. The number of carbonyl (C=O) groups is 2. The molecule has 0 rings (SSSR count). The van der Waals surface area contributed by atoms with Gasteiger partial charge >= 0.3 is 11.9 Å². The molecule has 0 aliphatic rings. The molecule has 0 aromatic heterocycles. The van der Waals surface area contributed by atoms with Crippen molar-refractivity contribution in [2.45, 2.75) is 58.9 Å². The third-order valence-electron chi connectivity index (χ3n) is 2.80. The van der Waals surface area contributed by atoms with Gasteiger partial charge in [0.2, 0.25) is 0 Å². The van der Waals surface area contributed by atoms with Crippen LogP contribution in [-0.4, -0.2) is 48.9 Å². The van der Waals surface area contributed by atoms with E-state index in [0.717, 1.165) is 31.8 Å². The molecule has 0 aliphatic carbocycles. The first-order valence-corrected chi connectivity index (χ1v) is 8.61. The molecule has 0 aliphatic heterocycles. The predicted octanol–water partition coefficient (Wildman–Crippen LogP) is 2.76. The largest absolute Gasteiger partial charge is 0.463 e. The standard InChI is InChI=1S/C10H19NO2.C9H16O3/c1-8(2)9(12)13-7-6-11-10(3,4)5;1-2-9(11)12-8-6-4-3-5-7-10/h11H,1,6-7H2,2-5H3;2,10H,1,3-8H2. The second kappa shape index (κ2) is 15.8. The fourth-order valence-electron chi connectivity index (χ4n) is 1.49. The Morgan fingerprint density at radius 3 is 2.16 bits per heavy atom. The van der Waals surface area contributed by atoms with Crippen LogP contribution in [0.4, 0.5) is 0 Å². The van der Waals surface area contributed by atoms with Gasteiger partial charge in [-0.1, -0.05) is 19.6 Å². The topological polar surface area (TPSA) is 84.9 Å². The van der Waals surface area contributed by atoms with Gasteiger partial charge in [0.25, 0.3) is 0 Å². The molecule has 0 saturated carbocycles. The van der Waals surface area contributed by atoms with Crippen LogP contribution in [0.2, 0.25) is 0 Å². The Hall–Kier alpha value is -1.66. The van der Waals surface area contributed by atoms with Crippen LogP contribution in [0, 0.1) is 0 Å². The quantitative estimate of drug-likeness (QED) is 0.336. The monoisotopic (exact) mass is 357 g/mol. The summed E-state index contributed by atoms with van der Waals surface area (Å²) in [6, 6.07) is 0. The van der Waals surface area contributed by atoms with Gasteiger partial charge in [-0.15, -0.1) is 0 Å². The maximum Gasteiger partial charge on any atom is 0.333 e. The van der Waals surface area contributed by atoms with Crippen LogP contribution in [0.15, 0.2) is 24.8 Å². The van der Waals surface area contributed by atoms with Crippen molar-refractivity contribution in [2.75, 3.05) is 26.4 Å². The molecule has 2 N–H and O–H groups in total. The molecule has 0 unspecified atom stereocenters. The van der Waals surface area contributed by atoms with E-state index in [-0.39, 0.29) is 24.1 Å². The number of aliphatic hydroxyl groups excluding tert-OH is 1. The van der Waals surface area contributed by atoms with Gasteiger partial charge in [0.15, 0.2) is 0 Å². The normalized spacial score (nSPS) is 10.3. The Labute approximate surface area is 152 Å². The number of aliphatic hydroxyl groups is 1. The van der Waals surface area contributed by atoms with Gasteiger partial charge in [-0.2, -0.15) is 0 Å². The van der Waals surface area contributed by atoms with E-state index >= 15 is 0 Å². The molecular weight excluding hydrogens is 322 g/mol. The predicted molar refractivity (Wildman–Crippen MR) is 100 cm³/mol. The summed E-state index contributed by atoms with van der Waals surface area (Å²) in [6.45, 7) is 16.4. The molecule has 0 aromatic rings. The lowest BCUT2D eigenvalue weighted by Gasteiger charge is -2.20. The number of esters is 2. The summed E-state index contributed by atoms with van der Waals surface area (Å²) in [6.07, 6.45) is 4.83. The summed E-state index contributed by atoms with van der Waals surface area (Å²) < 4.78 is 9.65. The Kier molecular flexibility index (Phi) is 16.2. The molecule has 0 saturated heterocycles. The van der Waals surface area contributed by atoms with E-state index in [4.69, 9.17) is 14.6 Å². The molecule has 6 heteroatoms. The van der Waals surface area contributed by atoms with Crippen molar-refractivity contribution in [3.05, 3.63) is 24.8 Å². The lowest BCUT2D eigenvalue weighted by molar-refractivity contribution is -0.139. The summed E-state index contributed by atoms with van der Waals surface area (Å²) in [4.78, 5) is 21.4. The summed E-state index contributed by atoms with van der Waals surface area (Å²) in [5.41, 5.74) is 0.506. The van der Waals surface area contributed by atoms with E-state index in [9.17, 15) is 9.59 Å². The molecule has 6 nitrogen and oxygen atoms in total. The first-order valence-electron chi connectivity index (χ1n) is 8.61. The molecule has 0 bridgehead atoms. The van der Waals surface area contributed by atoms with Crippen molar-refractivity contribution >= 4 is 11.9 Å². The van der Waals surface area contributed by atoms with Gasteiger partial charge in [0, 0.05) is 30.3 Å². The fraction of sp³-hybridized carbons (Fsp3) is 0.684. The zero-order valence-electron chi connectivity index (χ0n) is 16.2. The van der Waals surface area contributed by atoms with E-state index in [1.54, 1.807) is 6.92 Å². The van der Waals surface area contributed by atoms with E-state index in [1.807, 2.05) is 0 Å². The van der Waals surface area contributed by atoms with Crippen LogP contribution >= 0.6 is 0 Å². The van der Waals surface area contributed by atoms with Gasteiger partial charge in [0.1, 0.15) is 6.61 Å². The van der Waals surface area contributed by atoms with Gasteiger partial charge in [-0.05, 0) is 47.0 Å². The van der Waals surface area contributed by atoms with Crippen LogP contribution in [0.3, 0.4) is 0 Å². The summed E-state index contributed by atoms with van der Waals surface area (Å²) in [7, 11) is 0. The highest BCUT2D eigenvalue weighted by Gasteiger charge is 2.08. The minimum Gasteiger partial charge on any atom is -0.463 e. The number of nitrogens with one attached hydrogen (secondary N) is 1. The molecule has 0 aromatic carbocycles. The van der Waals surface area contributed by atoms with Crippen molar-refractivity contribution in [3.8, 4) is 0 Å². The number of ether oxygens (including phenoxy) is 2. The van der Waals surface area contributed by atoms with Crippen LogP contribution in [0.5, 0.6) is 0 Å². The second-order valence-electron chi connectivity index (χ2n) is 6.60. The van der Waals surface area contributed by atoms with Crippen LogP contribution in [0.1, 0.15) is 53.4 Å². The minimum atomic E-state index is -0.364. The van der Waals surface area contributed by atoms with Gasteiger partial charge in [-0.25, -0.2) is 9.59 Å². The maximum atomic E-state index is 10.9. The zero-order valence-corrected chi connectivity index (χ0v) is 16.2. The average Bonchev–Trinajstić information content (AvgIpc) is 2.54. The highest BCUT2D eigenvalue weighted by atomic mass is 16.5. The number of hydrogen-bond donors (Lipinski definition) is 2. The zero-order chi connectivity index (χ0) is 19.7. The van der Waals surface area contributed by atoms with Crippen molar-refractivity contribution in [1.29, 1.82) is 0 Å². The molecule has 0 spiro atoms. The first-order chi connectivity index (χ1) is 11.6. The molecule has 0 amide bonds. The van der Waals surface area contributed by atoms with Crippen molar-refractivity contribution in [2.24, 2.45) is 0 Å². The Morgan fingerprint density at radius 2 is 1.68 bits per heavy atom. The van der Waals surface area contributed by atoms with E-state index < -0.39 is 0 Å². The smallest absolute Gasteiger partial charge is 0.333 e. The first kappa shape index (κ1) is 25.6. The number of unbranched alkanes of at least 4 members (excludes halogenated alkanes) is 3. The van der Waals surface area contributed by atoms with Crippen LogP contribution in [-0.2, 0) is 19.1 Å². The number of hydrogen-bond acceptors (Lipinski definition) is 6. The van der Waals surface area contributed by atoms with E-state index in [0.29, 0.717) is 25.3 Å². The molecular formula is C19H35NO5. The van der Waals surface area contributed by atoms with Gasteiger partial charge < -0.3 is 19.9 Å². The molecule has 146 valence electrons. The van der Waals surface area contributed by atoms with Gasteiger partial charge in [0.05, 0.1) is 6.61 Å². The summed E-state index contributed by atoms with van der Waals surface area (Å²) in [5.74, 6) is -0.687. The second-order valence-corrected chi connectivity index (χ2v) is 6.60. The SMILES string of the molecule is C=C(C)C(=O)OCCNC(C)(C)C.C=CC(=O)OCCCCCCO. The molecule has 0 atom stereocenters. The average molecular weight is 357 g/mol. The van der Waals surface area contributed by atoms with E-state index in [2.05, 4.69) is 39.2 Å². The van der Waals surface area contributed by atoms with Crippen molar-refractivity contribution in [1.82, 2.24) is 5.32 Å². The maximum absolute atomic E-state index is 10.9. The Balaban J connectivity index is 0. The number of carbonyl (C=O) groups excluding carboxylic acids is 2. The Morgan fingerprint density at radius 1 is 1.08 bits per heavy atom. The lowest BCUT2D eigenvalue weighted by atomic mass is 10.1. The summed E-state index contributed by atoms with van der Waals surface area (Å²) in [5, 5.41) is 11.7. The van der Waals surface area contributed by atoms with Crippen LogP contribution in [0.25, 0.3) is 0 Å². The van der Waals surface area contributed by atoms with Crippen LogP contribution < -0.4 is 5.32 Å². The third-order valence-corrected chi connectivity index (χ3v) is 2.80. The Bertz CT molecular complexity index is 399. The fourth-order valence-corrected chi connectivity index (χ4v) is 1.49.